The molecule has 2 aliphatic heterocycles. The minimum Gasteiger partial charge on any atom is -0.345 e. The van der Waals surface area contributed by atoms with Crippen LogP contribution >= 0.6 is 0 Å². The number of fused-ring (bicyclic) bond motifs is 1. The van der Waals surface area contributed by atoms with E-state index in [1.54, 1.807) is 0 Å². The number of carbonyl (C=O) groups excluding carboxylic acids is 1. The normalized spacial score (nSPS) is 18.2. The molecule has 2 aliphatic rings. The number of amides is 1. The van der Waals surface area contributed by atoms with E-state index in [1.165, 1.54) is 12.8 Å². The van der Waals surface area contributed by atoms with Gasteiger partial charge in [-0.3, -0.25) is 14.6 Å². The molecule has 0 saturated carbocycles. The number of likely N-dealkylation sites (tertiary alicyclic amines) is 1. The Kier molecular flexibility index (Phi) is 8.94. The topological polar surface area (TPSA) is 51.7 Å². The second-order valence-corrected chi connectivity index (χ2v) is 11.9. The van der Waals surface area contributed by atoms with Gasteiger partial charge in [0.15, 0.2) is 0 Å². The van der Waals surface area contributed by atoms with Crippen molar-refractivity contribution in [3.8, 4) is 11.3 Å². The summed E-state index contributed by atoms with van der Waals surface area (Å²) in [4.78, 5) is 27.2. The number of aromatic nitrogens is 1. The molecule has 1 amide bonds. The first-order chi connectivity index (χ1) is 20.6. The minimum atomic E-state index is -0.0574. The van der Waals surface area contributed by atoms with Crippen LogP contribution in [0.25, 0.3) is 22.2 Å². The molecule has 6 heteroatoms. The number of benzene rings is 3. The van der Waals surface area contributed by atoms with E-state index in [-0.39, 0.29) is 11.9 Å². The van der Waals surface area contributed by atoms with Gasteiger partial charge in [-0.1, -0.05) is 85.8 Å². The maximum atomic E-state index is 14.4. The molecule has 3 heterocycles. The average molecular weight is 562 g/mol. The molecule has 1 atom stereocenters. The predicted octanol–water partition coefficient (Wildman–Crippen LogP) is 5.99. The van der Waals surface area contributed by atoms with Crippen molar-refractivity contribution < 1.29 is 4.79 Å². The molecule has 4 aromatic rings. The maximum absolute atomic E-state index is 14.4. The molecule has 0 bridgehead atoms. The van der Waals surface area contributed by atoms with Crippen LogP contribution in [-0.2, 0) is 6.54 Å². The lowest BCUT2D eigenvalue weighted by Gasteiger charge is -2.42. The fourth-order valence-electron chi connectivity index (χ4n) is 6.69. The number of piperidine rings is 1. The van der Waals surface area contributed by atoms with Crippen LogP contribution in [0, 0.1) is 0 Å². The predicted molar refractivity (Wildman–Crippen MR) is 171 cm³/mol. The van der Waals surface area contributed by atoms with E-state index < -0.39 is 0 Å². The standard InChI is InChI=1S/C36H43N5O/c1-3-32(27-12-6-4-7-13-27)38-36(42)34-30-16-10-11-17-33(30)37-35(28-14-8-5-9-15-28)31(34)26-40-20-18-29(19-21-40)41-24-22-39(2)23-25-41/h4-17,29,32H,3,18-26H2,1-2H3,(H,38,42)/t32-/m0/s1. The zero-order chi connectivity index (χ0) is 28.9. The zero-order valence-corrected chi connectivity index (χ0v) is 25.0. The molecule has 0 aliphatic carbocycles. The zero-order valence-electron chi connectivity index (χ0n) is 25.0. The minimum absolute atomic E-state index is 0.0243. The molecule has 42 heavy (non-hydrogen) atoms. The molecule has 2 saturated heterocycles. The number of piperazine rings is 1. The maximum Gasteiger partial charge on any atom is 0.252 e. The van der Waals surface area contributed by atoms with Crippen molar-refractivity contribution in [1.82, 2.24) is 25.0 Å². The van der Waals surface area contributed by atoms with Crippen molar-refractivity contribution in [2.75, 3.05) is 46.3 Å². The second kappa shape index (κ2) is 13.2. The number of nitrogens with one attached hydrogen (secondary N) is 1. The second-order valence-electron chi connectivity index (χ2n) is 11.9. The highest BCUT2D eigenvalue weighted by atomic mass is 16.1. The van der Waals surface area contributed by atoms with Gasteiger partial charge in [-0.25, -0.2) is 4.98 Å². The van der Waals surface area contributed by atoms with Crippen LogP contribution in [-0.4, -0.2) is 77.9 Å². The summed E-state index contributed by atoms with van der Waals surface area (Å²) in [6.45, 7) is 9.54. The number of hydrogen-bond donors (Lipinski definition) is 1. The number of pyridine rings is 1. The van der Waals surface area contributed by atoms with Crippen molar-refractivity contribution in [3.63, 3.8) is 0 Å². The van der Waals surface area contributed by atoms with Gasteiger partial charge in [0, 0.05) is 55.3 Å². The number of nitrogens with zero attached hydrogens (tertiary/aromatic N) is 4. The third-order valence-electron chi connectivity index (χ3n) is 9.18. The molecule has 1 aromatic heterocycles. The Morgan fingerprint density at radius 3 is 2.19 bits per heavy atom. The number of rotatable bonds is 8. The third kappa shape index (κ3) is 6.26. The van der Waals surface area contributed by atoms with Crippen LogP contribution < -0.4 is 5.32 Å². The fourth-order valence-corrected chi connectivity index (χ4v) is 6.69. The smallest absolute Gasteiger partial charge is 0.252 e. The number of hydrogen-bond acceptors (Lipinski definition) is 5. The molecule has 0 radical (unpaired) electrons. The van der Waals surface area contributed by atoms with E-state index in [1.807, 2.05) is 42.5 Å². The summed E-state index contributed by atoms with van der Waals surface area (Å²) in [5.74, 6) is -0.0243. The van der Waals surface area contributed by atoms with Gasteiger partial charge in [0.1, 0.15) is 0 Å². The van der Waals surface area contributed by atoms with E-state index in [9.17, 15) is 4.79 Å². The van der Waals surface area contributed by atoms with Crippen LogP contribution in [0.1, 0.15) is 53.7 Å². The average Bonchev–Trinajstić information content (AvgIpc) is 3.04. The monoisotopic (exact) mass is 561 g/mol. The van der Waals surface area contributed by atoms with Gasteiger partial charge in [0.05, 0.1) is 22.8 Å². The molecule has 6 nitrogen and oxygen atoms in total. The van der Waals surface area contributed by atoms with Crippen LogP contribution in [0.4, 0.5) is 0 Å². The van der Waals surface area contributed by atoms with Gasteiger partial charge in [-0.05, 0) is 51.0 Å². The summed E-state index contributed by atoms with van der Waals surface area (Å²) in [7, 11) is 2.22. The summed E-state index contributed by atoms with van der Waals surface area (Å²) in [6, 6.07) is 29.4. The molecule has 218 valence electrons. The molecule has 6 rings (SSSR count). The van der Waals surface area contributed by atoms with Crippen molar-refractivity contribution >= 4 is 16.8 Å². The van der Waals surface area contributed by atoms with Gasteiger partial charge in [-0.15, -0.1) is 0 Å². The Hall–Kier alpha value is -3.58. The molecule has 1 N–H and O–H groups in total. The Labute approximate surface area is 250 Å². The van der Waals surface area contributed by atoms with E-state index >= 15 is 0 Å². The molecule has 0 unspecified atom stereocenters. The van der Waals surface area contributed by atoms with Gasteiger partial charge < -0.3 is 10.2 Å². The van der Waals surface area contributed by atoms with Crippen molar-refractivity contribution in [3.05, 3.63) is 102 Å². The van der Waals surface area contributed by atoms with Crippen LogP contribution in [0.5, 0.6) is 0 Å². The van der Waals surface area contributed by atoms with E-state index in [0.29, 0.717) is 12.6 Å². The van der Waals surface area contributed by atoms with Crippen LogP contribution in [0.2, 0.25) is 0 Å². The summed E-state index contributed by atoms with van der Waals surface area (Å²) in [5, 5.41) is 4.32. The lowest BCUT2D eigenvalue weighted by atomic mass is 9.94. The lowest BCUT2D eigenvalue weighted by Crippen LogP contribution is -2.52. The summed E-state index contributed by atoms with van der Waals surface area (Å²) < 4.78 is 0. The van der Waals surface area contributed by atoms with Crippen molar-refractivity contribution in [2.45, 2.75) is 44.8 Å². The molecular formula is C36H43N5O. The van der Waals surface area contributed by atoms with Gasteiger partial charge >= 0.3 is 0 Å². The van der Waals surface area contributed by atoms with E-state index in [4.69, 9.17) is 4.98 Å². The molecule has 3 aromatic carbocycles. The molecular weight excluding hydrogens is 518 g/mol. The Bertz CT molecular complexity index is 1480. The largest absolute Gasteiger partial charge is 0.345 e. The highest BCUT2D eigenvalue weighted by Crippen LogP contribution is 2.33. The summed E-state index contributed by atoms with van der Waals surface area (Å²) >= 11 is 0. The summed E-state index contributed by atoms with van der Waals surface area (Å²) in [6.07, 6.45) is 3.15. The van der Waals surface area contributed by atoms with Gasteiger partial charge in [-0.2, -0.15) is 0 Å². The van der Waals surface area contributed by atoms with Crippen molar-refractivity contribution in [2.24, 2.45) is 0 Å². The Morgan fingerprint density at radius 2 is 1.50 bits per heavy atom. The highest BCUT2D eigenvalue weighted by Gasteiger charge is 2.29. The molecule has 2 fully saturated rings. The Balaban J connectivity index is 1.34. The first-order valence-corrected chi connectivity index (χ1v) is 15.6. The van der Waals surface area contributed by atoms with Crippen LogP contribution in [0.3, 0.4) is 0 Å². The first kappa shape index (κ1) is 28.5. The number of likely N-dealkylation sites (N-methyl/N-ethyl adjacent to an activating group) is 1. The first-order valence-electron chi connectivity index (χ1n) is 15.6. The molecule has 0 spiro atoms. The highest BCUT2D eigenvalue weighted by molar-refractivity contribution is 6.09. The fraction of sp³-hybridized carbons (Fsp3) is 0.389. The van der Waals surface area contributed by atoms with Gasteiger partial charge in [0.25, 0.3) is 5.91 Å². The van der Waals surface area contributed by atoms with E-state index in [2.05, 4.69) is 76.5 Å². The summed E-state index contributed by atoms with van der Waals surface area (Å²) in [5.41, 5.74) is 5.73. The number of para-hydroxylation sites is 1. The van der Waals surface area contributed by atoms with Crippen LogP contribution in [0.15, 0.2) is 84.9 Å². The van der Waals surface area contributed by atoms with E-state index in [0.717, 1.165) is 84.5 Å². The van der Waals surface area contributed by atoms with Crippen molar-refractivity contribution in [1.29, 1.82) is 0 Å². The Morgan fingerprint density at radius 1 is 0.857 bits per heavy atom. The van der Waals surface area contributed by atoms with Gasteiger partial charge in [0.2, 0.25) is 0 Å². The SMILES string of the molecule is CC[C@H](NC(=O)c1c(CN2CCC(N3CCN(C)CC3)CC2)c(-c2ccccc2)nc2ccccc12)c1ccccc1. The lowest BCUT2D eigenvalue weighted by molar-refractivity contribution is 0.0656. The number of carbonyl (C=O) groups is 1. The quantitative estimate of drug-likeness (QED) is 0.286. The third-order valence-corrected chi connectivity index (χ3v) is 9.18.